The van der Waals surface area contributed by atoms with E-state index < -0.39 is 50.0 Å². The van der Waals surface area contributed by atoms with Crippen molar-refractivity contribution in [3.8, 4) is 0 Å². The summed E-state index contributed by atoms with van der Waals surface area (Å²) in [6.07, 6.45) is 2.05. The third-order valence-corrected chi connectivity index (χ3v) is 9.41. The van der Waals surface area contributed by atoms with Gasteiger partial charge in [-0.05, 0) is 62.6 Å². The van der Waals surface area contributed by atoms with E-state index in [0.717, 1.165) is 0 Å². The van der Waals surface area contributed by atoms with E-state index in [-0.39, 0.29) is 41.1 Å². The Bertz CT molecular complexity index is 1480. The SMILES string of the molecule is CC1(NS(=O)(=O)c2ccc3c(c2)c(=O)n(NC(=O)C24CC2C4)c(=O)n3CC2CC(F)(F)C2)CC1. The van der Waals surface area contributed by atoms with Gasteiger partial charge in [0.2, 0.25) is 21.9 Å². The molecule has 4 fully saturated rings. The lowest BCUT2D eigenvalue weighted by Gasteiger charge is -2.35. The van der Waals surface area contributed by atoms with Crippen LogP contribution in [0.3, 0.4) is 0 Å². The average Bonchev–Trinajstić information content (AvgIpc) is 3.63. The van der Waals surface area contributed by atoms with Crippen molar-refractivity contribution >= 4 is 26.8 Å². The molecule has 182 valence electrons. The molecule has 1 aromatic heterocycles. The summed E-state index contributed by atoms with van der Waals surface area (Å²) < 4.78 is 56.9. The van der Waals surface area contributed by atoms with Crippen LogP contribution in [0.4, 0.5) is 8.78 Å². The highest BCUT2D eigenvalue weighted by atomic mass is 32.2. The number of amides is 1. The fraction of sp³-hybridized carbons (Fsp3) is 0.591. The van der Waals surface area contributed by atoms with Gasteiger partial charge >= 0.3 is 5.69 Å². The number of carbonyl (C=O) groups is 1. The smallest absolute Gasteiger partial charge is 0.291 e. The largest absolute Gasteiger partial charge is 0.350 e. The van der Waals surface area contributed by atoms with E-state index in [9.17, 15) is 31.6 Å². The van der Waals surface area contributed by atoms with Gasteiger partial charge in [-0.15, -0.1) is 0 Å². The topological polar surface area (TPSA) is 119 Å². The zero-order valence-electron chi connectivity index (χ0n) is 18.4. The summed E-state index contributed by atoms with van der Waals surface area (Å²) in [6.45, 7) is 1.71. The van der Waals surface area contributed by atoms with E-state index in [0.29, 0.717) is 30.4 Å². The summed E-state index contributed by atoms with van der Waals surface area (Å²) in [5, 5.41) is -0.0875. The second-order valence-electron chi connectivity index (χ2n) is 10.7. The highest BCUT2D eigenvalue weighted by Crippen LogP contribution is 2.75. The first-order chi connectivity index (χ1) is 15.8. The van der Waals surface area contributed by atoms with Crippen LogP contribution in [-0.2, 0) is 21.4 Å². The lowest BCUT2D eigenvalue weighted by Crippen LogP contribution is -2.49. The molecule has 4 saturated carbocycles. The van der Waals surface area contributed by atoms with E-state index in [1.54, 1.807) is 6.92 Å². The summed E-state index contributed by atoms with van der Waals surface area (Å²) in [5.41, 5.74) is -0.191. The van der Waals surface area contributed by atoms with Crippen LogP contribution in [0.25, 0.3) is 10.9 Å². The standard InChI is InChI=1S/C22H24F2N4O5S/c1-20(4-5-20)26-34(32,33)14-2-3-16-15(6-14)17(29)28(25-18(30)21-9-13(21)10-21)19(31)27(16)11-12-7-22(23,24)8-12/h2-3,6,12-13,26H,4-5,7-11H2,1H3,(H,25,30). The van der Waals surface area contributed by atoms with Crippen LogP contribution in [0.15, 0.2) is 32.7 Å². The molecule has 0 atom stereocenters. The Labute approximate surface area is 193 Å². The predicted octanol–water partition coefficient (Wildman–Crippen LogP) is 1.52. The molecular weight excluding hydrogens is 470 g/mol. The number of nitrogens with zero attached hydrogens (tertiary/aromatic N) is 2. The van der Waals surface area contributed by atoms with Crippen LogP contribution >= 0.6 is 0 Å². The van der Waals surface area contributed by atoms with Gasteiger partial charge in [0.25, 0.3) is 5.56 Å². The van der Waals surface area contributed by atoms with E-state index in [1.807, 2.05) is 0 Å². The van der Waals surface area contributed by atoms with Crippen molar-refractivity contribution in [3.63, 3.8) is 0 Å². The zero-order chi connectivity index (χ0) is 24.3. The van der Waals surface area contributed by atoms with Gasteiger partial charge < -0.3 is 0 Å². The Kier molecular flexibility index (Phi) is 4.21. The number of sulfonamides is 1. The number of carbonyl (C=O) groups excluding carboxylic acids is 1. The fourth-order valence-corrected chi connectivity index (χ4v) is 6.42. The predicted molar refractivity (Wildman–Crippen MR) is 118 cm³/mol. The number of halogens is 2. The number of fused-ring (bicyclic) bond motifs is 2. The van der Waals surface area contributed by atoms with Gasteiger partial charge in [0, 0.05) is 24.9 Å². The third kappa shape index (κ3) is 3.41. The molecule has 12 heteroatoms. The van der Waals surface area contributed by atoms with Gasteiger partial charge in [-0.25, -0.2) is 26.7 Å². The summed E-state index contributed by atoms with van der Waals surface area (Å²) in [4.78, 5) is 38.9. The number of nitrogens with one attached hydrogen (secondary N) is 2. The number of aromatic nitrogens is 2. The summed E-state index contributed by atoms with van der Waals surface area (Å²) in [5.74, 6) is -3.42. The van der Waals surface area contributed by atoms with Crippen molar-refractivity contribution in [2.24, 2.45) is 17.3 Å². The monoisotopic (exact) mass is 494 g/mol. The van der Waals surface area contributed by atoms with Crippen LogP contribution < -0.4 is 21.4 Å². The molecule has 0 unspecified atom stereocenters. The summed E-state index contributed by atoms with van der Waals surface area (Å²) in [7, 11) is -3.93. The summed E-state index contributed by atoms with van der Waals surface area (Å²) >= 11 is 0. The van der Waals surface area contributed by atoms with E-state index in [2.05, 4.69) is 10.1 Å². The van der Waals surface area contributed by atoms with Gasteiger partial charge in [-0.3, -0.25) is 19.6 Å². The fourth-order valence-electron chi connectivity index (χ4n) is 4.93. The molecule has 1 heterocycles. The molecule has 34 heavy (non-hydrogen) atoms. The maximum absolute atomic E-state index is 13.4. The Morgan fingerprint density at radius 2 is 1.79 bits per heavy atom. The van der Waals surface area contributed by atoms with Crippen molar-refractivity contribution in [1.29, 1.82) is 0 Å². The van der Waals surface area contributed by atoms with Crippen molar-refractivity contribution in [2.45, 2.75) is 68.4 Å². The highest BCUT2D eigenvalue weighted by Gasteiger charge is 2.74. The molecule has 2 N–H and O–H groups in total. The normalized spacial score (nSPS) is 28.1. The number of hydrogen-bond donors (Lipinski definition) is 2. The molecule has 2 aromatic rings. The second kappa shape index (κ2) is 6.54. The van der Waals surface area contributed by atoms with Crippen LogP contribution in [0, 0.1) is 17.3 Å². The van der Waals surface area contributed by atoms with E-state index >= 15 is 0 Å². The van der Waals surface area contributed by atoms with Gasteiger partial charge in [0.1, 0.15) is 0 Å². The molecule has 6 rings (SSSR count). The first kappa shape index (κ1) is 21.9. The average molecular weight is 495 g/mol. The Morgan fingerprint density at radius 3 is 2.35 bits per heavy atom. The van der Waals surface area contributed by atoms with E-state index in [4.69, 9.17) is 0 Å². The lowest BCUT2D eigenvalue weighted by molar-refractivity contribution is -0.120. The lowest BCUT2D eigenvalue weighted by atomic mass is 9.81. The highest BCUT2D eigenvalue weighted by molar-refractivity contribution is 7.89. The molecule has 9 nitrogen and oxygen atoms in total. The van der Waals surface area contributed by atoms with Crippen molar-refractivity contribution < 1.29 is 22.0 Å². The van der Waals surface area contributed by atoms with Crippen LogP contribution in [0.5, 0.6) is 0 Å². The molecule has 4 aliphatic carbocycles. The molecule has 1 aromatic carbocycles. The van der Waals surface area contributed by atoms with Crippen molar-refractivity contribution in [1.82, 2.24) is 14.0 Å². The minimum absolute atomic E-state index is 0.0722. The minimum Gasteiger partial charge on any atom is -0.291 e. The van der Waals surface area contributed by atoms with Crippen LogP contribution in [-0.4, -0.2) is 35.0 Å². The molecule has 4 aliphatic rings. The van der Waals surface area contributed by atoms with Gasteiger partial charge in [-0.2, -0.15) is 4.68 Å². The quantitative estimate of drug-likeness (QED) is 0.605. The van der Waals surface area contributed by atoms with E-state index in [1.165, 1.54) is 22.8 Å². The third-order valence-electron chi connectivity index (χ3n) is 7.77. The first-order valence-corrected chi connectivity index (χ1v) is 12.8. The van der Waals surface area contributed by atoms with Crippen LogP contribution in [0.1, 0.15) is 45.4 Å². The maximum atomic E-state index is 13.4. The zero-order valence-corrected chi connectivity index (χ0v) is 19.3. The van der Waals surface area contributed by atoms with Crippen molar-refractivity contribution in [3.05, 3.63) is 39.0 Å². The van der Waals surface area contributed by atoms with Crippen LogP contribution in [0.2, 0.25) is 0 Å². The van der Waals surface area contributed by atoms with Crippen molar-refractivity contribution in [2.75, 3.05) is 5.43 Å². The molecular formula is C22H24F2N4O5S. The number of benzene rings is 1. The van der Waals surface area contributed by atoms with Gasteiger partial charge in [-0.1, -0.05) is 0 Å². The molecule has 0 aliphatic heterocycles. The minimum atomic E-state index is -3.93. The molecule has 0 saturated heterocycles. The number of rotatable bonds is 7. The van der Waals surface area contributed by atoms with Gasteiger partial charge in [0.15, 0.2) is 0 Å². The Balaban J connectivity index is 1.45. The summed E-state index contributed by atoms with van der Waals surface area (Å²) in [6, 6.07) is 3.82. The van der Waals surface area contributed by atoms with Gasteiger partial charge in [0.05, 0.1) is 21.2 Å². The molecule has 0 bridgehead atoms. The molecule has 0 radical (unpaired) electrons. The Morgan fingerprint density at radius 1 is 1.15 bits per heavy atom. The second-order valence-corrected chi connectivity index (χ2v) is 12.4. The molecule has 1 amide bonds. The molecule has 0 spiro atoms. The number of alkyl halides is 2. The Hall–Kier alpha value is -2.60. The number of hydrogen-bond acceptors (Lipinski definition) is 5. The first-order valence-electron chi connectivity index (χ1n) is 11.4. The maximum Gasteiger partial charge on any atom is 0.350 e.